The summed E-state index contributed by atoms with van der Waals surface area (Å²) < 4.78 is 13.4. The molecule has 2 aromatic rings. The van der Waals surface area contributed by atoms with E-state index in [0.717, 1.165) is 37.6 Å². The molecule has 1 N–H and O–H groups in total. The van der Waals surface area contributed by atoms with Crippen LogP contribution in [0.4, 0.5) is 0 Å². The van der Waals surface area contributed by atoms with E-state index in [9.17, 15) is 5.11 Å². The van der Waals surface area contributed by atoms with E-state index in [1.165, 1.54) is 19.3 Å². The van der Waals surface area contributed by atoms with Crippen molar-refractivity contribution in [1.29, 1.82) is 0 Å². The second-order valence-electron chi connectivity index (χ2n) is 7.94. The minimum atomic E-state index is -0.507. The van der Waals surface area contributed by atoms with E-state index in [1.807, 2.05) is 42.2 Å². The second kappa shape index (κ2) is 10.6. The highest BCUT2D eigenvalue weighted by Gasteiger charge is 2.16. The average Bonchev–Trinajstić information content (AvgIpc) is 3.11. The van der Waals surface area contributed by atoms with Gasteiger partial charge in [0, 0.05) is 32.5 Å². The molecule has 29 heavy (non-hydrogen) atoms. The summed E-state index contributed by atoms with van der Waals surface area (Å²) >= 11 is 0. The number of aryl methyl sites for hydroxylation is 1. The Kier molecular flexibility index (Phi) is 7.91. The summed E-state index contributed by atoms with van der Waals surface area (Å²) in [5.41, 5.74) is 1.13. The normalized spacial score (nSPS) is 16.2. The number of aromatic nitrogens is 2. The number of piperidine rings is 1. The molecule has 1 fully saturated rings. The number of β-amino-alcohol motifs (C(OH)–C–C–N with tert-alkyl or cyclic N) is 1. The topological polar surface area (TPSA) is 63.0 Å². The predicted molar refractivity (Wildman–Crippen MR) is 113 cm³/mol. The van der Waals surface area contributed by atoms with Crippen molar-refractivity contribution in [1.82, 2.24) is 19.4 Å². The van der Waals surface area contributed by atoms with Gasteiger partial charge in [0.15, 0.2) is 11.5 Å². The van der Waals surface area contributed by atoms with Gasteiger partial charge >= 0.3 is 0 Å². The zero-order valence-corrected chi connectivity index (χ0v) is 17.9. The zero-order valence-electron chi connectivity index (χ0n) is 17.9. The fraction of sp³-hybridized carbons (Fsp3) is 0.591. The molecule has 3 rings (SSSR count). The number of aliphatic hydroxyl groups is 1. The molecule has 7 heteroatoms. The highest BCUT2D eigenvalue weighted by Crippen LogP contribution is 2.29. The van der Waals surface area contributed by atoms with E-state index in [0.29, 0.717) is 18.0 Å². The van der Waals surface area contributed by atoms with Gasteiger partial charge in [-0.05, 0) is 50.7 Å². The maximum absolute atomic E-state index is 10.4. The van der Waals surface area contributed by atoms with Crippen LogP contribution in [0, 0.1) is 0 Å². The number of hydrogen-bond donors (Lipinski definition) is 1. The molecule has 2 heterocycles. The van der Waals surface area contributed by atoms with Crippen LogP contribution in [0.15, 0.2) is 30.6 Å². The van der Waals surface area contributed by atoms with Gasteiger partial charge in [-0.3, -0.25) is 4.90 Å². The van der Waals surface area contributed by atoms with E-state index >= 15 is 0 Å². The van der Waals surface area contributed by atoms with Gasteiger partial charge in [-0.25, -0.2) is 4.98 Å². The molecular weight excluding hydrogens is 368 g/mol. The molecule has 0 saturated carbocycles. The molecule has 1 saturated heterocycles. The average molecular weight is 403 g/mol. The monoisotopic (exact) mass is 402 g/mol. The van der Waals surface area contributed by atoms with Gasteiger partial charge in [0.1, 0.15) is 18.5 Å². The molecule has 1 aliphatic rings. The quantitative estimate of drug-likeness (QED) is 0.658. The minimum absolute atomic E-state index is 0.263. The fourth-order valence-electron chi connectivity index (χ4n) is 3.77. The van der Waals surface area contributed by atoms with E-state index in [1.54, 1.807) is 7.11 Å². The highest BCUT2D eigenvalue weighted by molar-refractivity contribution is 5.43. The van der Waals surface area contributed by atoms with E-state index in [-0.39, 0.29) is 6.61 Å². The smallest absolute Gasteiger partial charge is 0.161 e. The lowest BCUT2D eigenvalue weighted by Crippen LogP contribution is -2.38. The standard InChI is InChI=1S/C22H34N4O3/c1-24(16-22-23-9-12-25(22)2)14-18-7-8-20(28-3)21(13-18)29-17-19(27)15-26-10-5-4-6-11-26/h7-9,12-13,19,27H,4-6,10-11,14-17H2,1-3H3/t19-/m0/s1. The summed E-state index contributed by atoms with van der Waals surface area (Å²) in [4.78, 5) is 8.91. The number of aliphatic hydroxyl groups excluding tert-OH is 1. The Morgan fingerprint density at radius 3 is 2.66 bits per heavy atom. The Labute approximate surface area is 173 Å². The van der Waals surface area contributed by atoms with Crippen molar-refractivity contribution in [3.8, 4) is 11.5 Å². The SMILES string of the molecule is COc1ccc(CN(C)Cc2nccn2C)cc1OC[C@@H](O)CN1CCCCC1. The van der Waals surface area contributed by atoms with Crippen LogP contribution in [0.5, 0.6) is 11.5 Å². The van der Waals surface area contributed by atoms with Crippen molar-refractivity contribution in [3.05, 3.63) is 42.0 Å². The van der Waals surface area contributed by atoms with Gasteiger partial charge in [0.05, 0.1) is 13.7 Å². The first kappa shape index (κ1) is 21.6. The van der Waals surface area contributed by atoms with Gasteiger partial charge in [-0.1, -0.05) is 12.5 Å². The van der Waals surface area contributed by atoms with Crippen molar-refractivity contribution >= 4 is 0 Å². The molecular formula is C22H34N4O3. The number of benzene rings is 1. The molecule has 1 atom stereocenters. The van der Waals surface area contributed by atoms with Crippen LogP contribution in [0.3, 0.4) is 0 Å². The van der Waals surface area contributed by atoms with Crippen molar-refractivity contribution in [3.63, 3.8) is 0 Å². The number of ether oxygens (including phenoxy) is 2. The van der Waals surface area contributed by atoms with Gasteiger partial charge in [0.25, 0.3) is 0 Å². The van der Waals surface area contributed by atoms with E-state index < -0.39 is 6.10 Å². The third-order valence-corrected chi connectivity index (χ3v) is 5.36. The van der Waals surface area contributed by atoms with E-state index in [4.69, 9.17) is 9.47 Å². The van der Waals surface area contributed by atoms with Gasteiger partial charge in [-0.15, -0.1) is 0 Å². The van der Waals surface area contributed by atoms with Crippen molar-refractivity contribution in [2.45, 2.75) is 38.5 Å². The summed E-state index contributed by atoms with van der Waals surface area (Å²) in [7, 11) is 5.71. The van der Waals surface area contributed by atoms with Gasteiger partial charge in [-0.2, -0.15) is 0 Å². The molecule has 7 nitrogen and oxygen atoms in total. The molecule has 1 aliphatic heterocycles. The number of methoxy groups -OCH3 is 1. The number of nitrogens with zero attached hydrogens (tertiary/aromatic N) is 4. The fourth-order valence-corrected chi connectivity index (χ4v) is 3.77. The van der Waals surface area contributed by atoms with E-state index in [2.05, 4.69) is 21.8 Å². The molecule has 0 spiro atoms. The first-order valence-corrected chi connectivity index (χ1v) is 10.4. The Morgan fingerprint density at radius 2 is 1.97 bits per heavy atom. The summed E-state index contributed by atoms with van der Waals surface area (Å²) in [6, 6.07) is 5.97. The number of likely N-dealkylation sites (tertiary alicyclic amines) is 1. The first-order chi connectivity index (χ1) is 14.0. The lowest BCUT2D eigenvalue weighted by molar-refractivity contribution is 0.0608. The molecule has 0 unspecified atom stereocenters. The molecule has 1 aromatic carbocycles. The van der Waals surface area contributed by atoms with Crippen LogP contribution in [0.1, 0.15) is 30.7 Å². The van der Waals surface area contributed by atoms with Crippen LogP contribution < -0.4 is 9.47 Å². The first-order valence-electron chi connectivity index (χ1n) is 10.4. The van der Waals surface area contributed by atoms with Crippen LogP contribution in [0.25, 0.3) is 0 Å². The van der Waals surface area contributed by atoms with Crippen LogP contribution in [-0.4, -0.2) is 71.0 Å². The zero-order chi connectivity index (χ0) is 20.6. The number of rotatable bonds is 10. The Hall–Kier alpha value is -2.09. The van der Waals surface area contributed by atoms with Crippen LogP contribution in [0.2, 0.25) is 0 Å². The molecule has 0 aliphatic carbocycles. The van der Waals surface area contributed by atoms with Crippen molar-refractivity contribution < 1.29 is 14.6 Å². The Morgan fingerprint density at radius 1 is 1.17 bits per heavy atom. The Balaban J connectivity index is 1.55. The number of hydrogen-bond acceptors (Lipinski definition) is 6. The third-order valence-electron chi connectivity index (χ3n) is 5.36. The number of imidazole rings is 1. The van der Waals surface area contributed by atoms with Crippen LogP contribution >= 0.6 is 0 Å². The summed E-state index contributed by atoms with van der Waals surface area (Å²) in [5.74, 6) is 2.39. The molecule has 0 bridgehead atoms. The molecule has 1 aromatic heterocycles. The van der Waals surface area contributed by atoms with Crippen molar-refractivity contribution in [2.75, 3.05) is 40.4 Å². The maximum atomic E-state index is 10.4. The molecule has 0 radical (unpaired) electrons. The second-order valence-corrected chi connectivity index (χ2v) is 7.94. The molecule has 160 valence electrons. The maximum Gasteiger partial charge on any atom is 0.161 e. The molecule has 0 amide bonds. The summed E-state index contributed by atoms with van der Waals surface area (Å²) in [5, 5.41) is 10.4. The largest absolute Gasteiger partial charge is 0.493 e. The summed E-state index contributed by atoms with van der Waals surface area (Å²) in [6.45, 7) is 4.59. The lowest BCUT2D eigenvalue weighted by atomic mass is 10.1. The minimum Gasteiger partial charge on any atom is -0.493 e. The van der Waals surface area contributed by atoms with Gasteiger partial charge in [0.2, 0.25) is 0 Å². The highest BCUT2D eigenvalue weighted by atomic mass is 16.5. The Bertz CT molecular complexity index is 758. The predicted octanol–water partition coefficient (Wildman–Crippen LogP) is 2.29. The van der Waals surface area contributed by atoms with Crippen molar-refractivity contribution in [2.24, 2.45) is 7.05 Å². The van der Waals surface area contributed by atoms with Crippen LogP contribution in [-0.2, 0) is 20.1 Å². The summed E-state index contributed by atoms with van der Waals surface area (Å²) in [6.07, 6.45) is 6.99. The third kappa shape index (κ3) is 6.45. The lowest BCUT2D eigenvalue weighted by Gasteiger charge is -2.28. The van der Waals surface area contributed by atoms with Gasteiger partial charge < -0.3 is 24.0 Å².